The van der Waals surface area contributed by atoms with Crippen molar-refractivity contribution in [2.24, 2.45) is 0 Å². The quantitative estimate of drug-likeness (QED) is 0.876. The molecule has 0 spiro atoms. The zero-order valence-electron chi connectivity index (χ0n) is 9.91. The topological polar surface area (TPSA) is 53.1 Å². The third-order valence-electron chi connectivity index (χ3n) is 3.46. The van der Waals surface area contributed by atoms with Crippen molar-refractivity contribution < 1.29 is 4.74 Å². The van der Waals surface area contributed by atoms with Crippen molar-refractivity contribution >= 4 is 40.2 Å². The summed E-state index contributed by atoms with van der Waals surface area (Å²) in [6.07, 6.45) is 0.906. The van der Waals surface area contributed by atoms with Gasteiger partial charge < -0.3 is 15.0 Å². The van der Waals surface area contributed by atoms with Gasteiger partial charge >= 0.3 is 0 Å². The van der Waals surface area contributed by atoms with Crippen LogP contribution >= 0.6 is 23.2 Å². The van der Waals surface area contributed by atoms with Crippen LogP contribution in [-0.2, 0) is 10.3 Å². The van der Waals surface area contributed by atoms with Crippen molar-refractivity contribution in [3.05, 3.63) is 22.2 Å². The molecule has 1 saturated heterocycles. The summed E-state index contributed by atoms with van der Waals surface area (Å²) in [6.45, 7) is 3.47. The van der Waals surface area contributed by atoms with Crippen LogP contribution in [0.1, 0.15) is 13.3 Å². The number of ether oxygens (including phenoxy) is 1. The molecule has 1 aliphatic rings. The van der Waals surface area contributed by atoms with Crippen molar-refractivity contribution in [1.29, 1.82) is 0 Å². The summed E-state index contributed by atoms with van der Waals surface area (Å²) in [6, 6.07) is 3.55. The van der Waals surface area contributed by atoms with Crippen molar-refractivity contribution in [3.63, 3.8) is 0 Å². The van der Waals surface area contributed by atoms with Gasteiger partial charge in [-0.3, -0.25) is 0 Å². The molecule has 0 bridgehead atoms. The average molecular weight is 286 g/mol. The highest BCUT2D eigenvalue weighted by molar-refractivity contribution is 6.42. The predicted molar refractivity (Wildman–Crippen MR) is 73.2 cm³/mol. The zero-order chi connectivity index (χ0) is 12.9. The third-order valence-corrected chi connectivity index (χ3v) is 4.18. The fourth-order valence-electron chi connectivity index (χ4n) is 2.49. The second kappa shape index (κ2) is 4.02. The van der Waals surface area contributed by atoms with Crippen LogP contribution in [-0.4, -0.2) is 22.8 Å². The summed E-state index contributed by atoms with van der Waals surface area (Å²) in [5, 5.41) is 0.995. The van der Waals surface area contributed by atoms with E-state index in [0.29, 0.717) is 22.6 Å². The Bertz CT molecular complexity index is 617. The molecule has 18 heavy (non-hydrogen) atoms. The van der Waals surface area contributed by atoms with Gasteiger partial charge in [0.2, 0.25) is 5.95 Å². The minimum Gasteiger partial charge on any atom is -0.379 e. The molecule has 4 nitrogen and oxygen atoms in total. The van der Waals surface area contributed by atoms with Gasteiger partial charge in [-0.2, -0.15) is 0 Å². The highest BCUT2D eigenvalue weighted by Gasteiger charge is 2.34. The van der Waals surface area contributed by atoms with E-state index in [2.05, 4.69) is 11.9 Å². The van der Waals surface area contributed by atoms with Crippen LogP contribution in [0, 0.1) is 0 Å². The van der Waals surface area contributed by atoms with Crippen LogP contribution in [0.2, 0.25) is 10.0 Å². The Balaban J connectivity index is 2.28. The Hall–Kier alpha value is -0.970. The predicted octanol–water partition coefficient (Wildman–Crippen LogP) is 3.06. The van der Waals surface area contributed by atoms with Crippen LogP contribution in [0.4, 0.5) is 5.95 Å². The number of hydrogen-bond donors (Lipinski definition) is 1. The summed E-state index contributed by atoms with van der Waals surface area (Å²) < 4.78 is 7.48. The minimum absolute atomic E-state index is 0.171. The Morgan fingerprint density at radius 2 is 2.11 bits per heavy atom. The Morgan fingerprint density at radius 3 is 2.78 bits per heavy atom. The van der Waals surface area contributed by atoms with Gasteiger partial charge in [0.1, 0.15) is 0 Å². The molecule has 6 heteroatoms. The van der Waals surface area contributed by atoms with Crippen molar-refractivity contribution in [1.82, 2.24) is 9.55 Å². The molecule has 96 valence electrons. The smallest absolute Gasteiger partial charge is 0.201 e. The van der Waals surface area contributed by atoms with Gasteiger partial charge in [-0.1, -0.05) is 23.2 Å². The number of benzene rings is 1. The number of nitrogen functional groups attached to an aromatic ring is 1. The molecule has 0 aliphatic carbocycles. The summed E-state index contributed by atoms with van der Waals surface area (Å²) in [5.74, 6) is 0.469. The number of fused-ring (bicyclic) bond motifs is 1. The van der Waals surface area contributed by atoms with E-state index in [1.165, 1.54) is 0 Å². The molecule has 1 unspecified atom stereocenters. The lowest BCUT2D eigenvalue weighted by atomic mass is 10.0. The van der Waals surface area contributed by atoms with Crippen LogP contribution in [0.25, 0.3) is 11.0 Å². The van der Waals surface area contributed by atoms with E-state index < -0.39 is 0 Å². The van der Waals surface area contributed by atoms with Gasteiger partial charge in [0.25, 0.3) is 0 Å². The van der Waals surface area contributed by atoms with Crippen molar-refractivity contribution in [2.75, 3.05) is 18.9 Å². The largest absolute Gasteiger partial charge is 0.379 e. The number of rotatable bonds is 1. The summed E-state index contributed by atoms with van der Waals surface area (Å²) in [7, 11) is 0. The molecular formula is C12H13Cl2N3O. The maximum absolute atomic E-state index is 6.08. The molecule has 1 atom stereocenters. The molecule has 0 amide bonds. The first-order chi connectivity index (χ1) is 8.51. The first-order valence-electron chi connectivity index (χ1n) is 5.72. The fraction of sp³-hybridized carbons (Fsp3) is 0.417. The highest BCUT2D eigenvalue weighted by atomic mass is 35.5. The number of nitrogens with zero attached hydrogens (tertiary/aromatic N) is 2. The molecule has 1 aromatic heterocycles. The van der Waals surface area contributed by atoms with Gasteiger partial charge in [0, 0.05) is 6.61 Å². The molecule has 2 aromatic rings. The van der Waals surface area contributed by atoms with Crippen LogP contribution < -0.4 is 5.73 Å². The van der Waals surface area contributed by atoms with E-state index in [9.17, 15) is 0 Å². The Labute approximate surface area is 115 Å². The van der Waals surface area contributed by atoms with E-state index in [-0.39, 0.29) is 5.54 Å². The molecule has 0 saturated carbocycles. The van der Waals surface area contributed by atoms with E-state index >= 15 is 0 Å². The SMILES string of the molecule is CC1(n2c(N)nc3cc(Cl)c(Cl)cc32)CCOC1. The normalized spacial score (nSPS) is 23.9. The number of aromatic nitrogens is 2. The molecular weight excluding hydrogens is 273 g/mol. The first kappa shape index (κ1) is 12.1. The van der Waals surface area contributed by atoms with Crippen LogP contribution in [0.15, 0.2) is 12.1 Å². The van der Waals surface area contributed by atoms with Crippen molar-refractivity contribution in [2.45, 2.75) is 18.9 Å². The number of halogens is 2. The first-order valence-corrected chi connectivity index (χ1v) is 6.48. The lowest BCUT2D eigenvalue weighted by Gasteiger charge is -2.26. The van der Waals surface area contributed by atoms with E-state index in [1.54, 1.807) is 6.07 Å². The second-order valence-electron chi connectivity index (χ2n) is 4.86. The van der Waals surface area contributed by atoms with Gasteiger partial charge in [-0.15, -0.1) is 0 Å². The molecule has 1 fully saturated rings. The van der Waals surface area contributed by atoms with Crippen LogP contribution in [0.3, 0.4) is 0 Å². The Morgan fingerprint density at radius 1 is 1.39 bits per heavy atom. The maximum Gasteiger partial charge on any atom is 0.201 e. The Kier molecular flexibility index (Phi) is 2.70. The maximum atomic E-state index is 6.08. The second-order valence-corrected chi connectivity index (χ2v) is 5.67. The lowest BCUT2D eigenvalue weighted by Crippen LogP contribution is -2.31. The van der Waals surface area contributed by atoms with Gasteiger partial charge in [0.15, 0.2) is 0 Å². The standard InChI is InChI=1S/C12H13Cl2N3O/c1-12(2-3-18-6-12)17-10-5-8(14)7(13)4-9(10)16-11(17)15/h4-5H,2-3,6H2,1H3,(H2,15,16). The summed E-state index contributed by atoms with van der Waals surface area (Å²) in [5.41, 5.74) is 7.52. The summed E-state index contributed by atoms with van der Waals surface area (Å²) >= 11 is 12.1. The number of anilines is 1. The molecule has 2 N–H and O–H groups in total. The average Bonchev–Trinajstić information content (AvgIpc) is 2.84. The third kappa shape index (κ3) is 1.67. The van der Waals surface area contributed by atoms with E-state index in [4.69, 9.17) is 33.7 Å². The lowest BCUT2D eigenvalue weighted by molar-refractivity contribution is 0.164. The highest BCUT2D eigenvalue weighted by Crippen LogP contribution is 2.36. The monoisotopic (exact) mass is 285 g/mol. The van der Waals surface area contributed by atoms with E-state index in [0.717, 1.165) is 24.1 Å². The van der Waals surface area contributed by atoms with Crippen molar-refractivity contribution in [3.8, 4) is 0 Å². The van der Waals surface area contributed by atoms with Gasteiger partial charge in [-0.25, -0.2) is 4.98 Å². The van der Waals surface area contributed by atoms with Gasteiger partial charge in [-0.05, 0) is 25.5 Å². The molecule has 1 aromatic carbocycles. The molecule has 0 radical (unpaired) electrons. The minimum atomic E-state index is -0.171. The molecule has 1 aliphatic heterocycles. The van der Waals surface area contributed by atoms with Crippen LogP contribution in [0.5, 0.6) is 0 Å². The van der Waals surface area contributed by atoms with E-state index in [1.807, 2.05) is 10.6 Å². The molecule has 3 rings (SSSR count). The number of nitrogens with two attached hydrogens (primary N) is 1. The number of imidazole rings is 1. The number of hydrogen-bond acceptors (Lipinski definition) is 3. The summed E-state index contributed by atoms with van der Waals surface area (Å²) in [4.78, 5) is 4.35. The fourth-order valence-corrected chi connectivity index (χ4v) is 2.81. The van der Waals surface area contributed by atoms with Gasteiger partial charge in [0.05, 0.1) is 33.2 Å². The zero-order valence-corrected chi connectivity index (χ0v) is 11.4. The molecule has 2 heterocycles.